The minimum absolute atomic E-state index is 0.972. The van der Waals surface area contributed by atoms with E-state index in [1.807, 2.05) is 0 Å². The van der Waals surface area contributed by atoms with Gasteiger partial charge in [-0.25, -0.2) is 4.68 Å². The minimum atomic E-state index is 0.972. The SMILES string of the molecule is C1CCN(Cc2nnn3c2CN(CC2CC2)CCC3)C1. The lowest BCUT2D eigenvalue weighted by Gasteiger charge is -2.20. The van der Waals surface area contributed by atoms with Gasteiger partial charge in [0.25, 0.3) is 0 Å². The molecule has 110 valence electrons. The number of aryl methyl sites for hydroxylation is 1. The highest BCUT2D eigenvalue weighted by Gasteiger charge is 2.27. The Bertz CT molecular complexity index is 459. The van der Waals surface area contributed by atoms with Crippen LogP contribution in [0.2, 0.25) is 0 Å². The Morgan fingerprint density at radius 1 is 0.950 bits per heavy atom. The van der Waals surface area contributed by atoms with E-state index in [-0.39, 0.29) is 0 Å². The smallest absolute Gasteiger partial charge is 0.101 e. The number of hydrogen-bond donors (Lipinski definition) is 0. The minimum Gasteiger partial charge on any atom is -0.297 e. The zero-order chi connectivity index (χ0) is 13.4. The summed E-state index contributed by atoms with van der Waals surface area (Å²) in [5.74, 6) is 0.972. The van der Waals surface area contributed by atoms with Crippen LogP contribution in [0.25, 0.3) is 0 Å². The van der Waals surface area contributed by atoms with Crippen molar-refractivity contribution >= 4 is 0 Å². The molecule has 0 atom stereocenters. The van der Waals surface area contributed by atoms with E-state index in [2.05, 4.69) is 24.8 Å². The predicted octanol–water partition coefficient (Wildman–Crippen LogP) is 1.49. The van der Waals surface area contributed by atoms with Gasteiger partial charge >= 0.3 is 0 Å². The molecule has 0 aromatic carbocycles. The topological polar surface area (TPSA) is 37.2 Å². The van der Waals surface area contributed by atoms with Crippen LogP contribution in [0.4, 0.5) is 0 Å². The number of nitrogens with zero attached hydrogens (tertiary/aromatic N) is 5. The highest BCUT2D eigenvalue weighted by Crippen LogP contribution is 2.31. The first-order valence-electron chi connectivity index (χ1n) is 8.24. The van der Waals surface area contributed by atoms with Crippen LogP contribution in [0, 0.1) is 5.92 Å². The predicted molar refractivity (Wildman–Crippen MR) is 77.2 cm³/mol. The monoisotopic (exact) mass is 275 g/mol. The summed E-state index contributed by atoms with van der Waals surface area (Å²) in [5, 5.41) is 8.88. The largest absolute Gasteiger partial charge is 0.297 e. The second-order valence-electron chi connectivity index (χ2n) is 6.72. The van der Waals surface area contributed by atoms with Crippen LogP contribution < -0.4 is 0 Å². The number of rotatable bonds is 4. The van der Waals surface area contributed by atoms with Crippen molar-refractivity contribution in [2.45, 2.75) is 51.7 Å². The van der Waals surface area contributed by atoms with Crippen molar-refractivity contribution in [2.24, 2.45) is 5.92 Å². The highest BCUT2D eigenvalue weighted by molar-refractivity contribution is 5.11. The Balaban J connectivity index is 1.48. The van der Waals surface area contributed by atoms with Crippen molar-refractivity contribution in [3.8, 4) is 0 Å². The van der Waals surface area contributed by atoms with Crippen molar-refractivity contribution in [1.29, 1.82) is 0 Å². The highest BCUT2D eigenvalue weighted by atomic mass is 15.4. The van der Waals surface area contributed by atoms with Crippen LogP contribution in [-0.4, -0.2) is 51.0 Å². The summed E-state index contributed by atoms with van der Waals surface area (Å²) in [6, 6.07) is 0. The Morgan fingerprint density at radius 3 is 2.55 bits per heavy atom. The molecule has 5 nitrogen and oxygen atoms in total. The summed E-state index contributed by atoms with van der Waals surface area (Å²) in [6.45, 7) is 8.09. The summed E-state index contributed by atoms with van der Waals surface area (Å²) in [7, 11) is 0. The zero-order valence-corrected chi connectivity index (χ0v) is 12.3. The molecule has 1 saturated heterocycles. The van der Waals surface area contributed by atoms with Gasteiger partial charge in [0, 0.05) is 32.7 Å². The molecule has 3 aliphatic rings. The molecule has 0 N–H and O–H groups in total. The molecule has 0 amide bonds. The maximum absolute atomic E-state index is 4.48. The molecular formula is C15H25N5. The van der Waals surface area contributed by atoms with E-state index in [4.69, 9.17) is 0 Å². The van der Waals surface area contributed by atoms with Crippen molar-refractivity contribution in [1.82, 2.24) is 24.8 Å². The first-order valence-corrected chi connectivity index (χ1v) is 8.24. The lowest BCUT2D eigenvalue weighted by atomic mass is 10.2. The molecule has 3 heterocycles. The number of aromatic nitrogens is 3. The third-order valence-corrected chi connectivity index (χ3v) is 4.92. The molecule has 1 aliphatic carbocycles. The molecular weight excluding hydrogens is 250 g/mol. The molecule has 0 unspecified atom stereocenters. The maximum atomic E-state index is 4.48. The van der Waals surface area contributed by atoms with Crippen LogP contribution in [0.3, 0.4) is 0 Å². The van der Waals surface area contributed by atoms with Gasteiger partial charge in [0.15, 0.2) is 0 Å². The van der Waals surface area contributed by atoms with Gasteiger partial charge in [-0.15, -0.1) is 5.10 Å². The third kappa shape index (κ3) is 2.74. The molecule has 5 heteroatoms. The molecule has 0 spiro atoms. The van der Waals surface area contributed by atoms with E-state index in [1.54, 1.807) is 0 Å². The first kappa shape index (κ1) is 12.8. The summed E-state index contributed by atoms with van der Waals surface area (Å²) in [4.78, 5) is 5.16. The summed E-state index contributed by atoms with van der Waals surface area (Å²) in [5.41, 5.74) is 2.62. The van der Waals surface area contributed by atoms with Gasteiger partial charge in [-0.3, -0.25) is 9.80 Å². The number of likely N-dealkylation sites (tertiary alicyclic amines) is 1. The molecule has 1 saturated carbocycles. The fourth-order valence-corrected chi connectivity index (χ4v) is 3.55. The molecule has 0 radical (unpaired) electrons. The van der Waals surface area contributed by atoms with Gasteiger partial charge < -0.3 is 0 Å². The fraction of sp³-hybridized carbons (Fsp3) is 0.867. The Labute approximate surface area is 120 Å². The van der Waals surface area contributed by atoms with Crippen molar-refractivity contribution in [3.63, 3.8) is 0 Å². The molecule has 20 heavy (non-hydrogen) atoms. The van der Waals surface area contributed by atoms with Crippen LogP contribution in [0.15, 0.2) is 0 Å². The average Bonchev–Trinajstić information content (AvgIpc) is 3.05. The zero-order valence-electron chi connectivity index (χ0n) is 12.3. The van der Waals surface area contributed by atoms with Crippen molar-refractivity contribution in [3.05, 3.63) is 11.4 Å². The molecule has 0 bridgehead atoms. The Morgan fingerprint density at radius 2 is 1.75 bits per heavy atom. The van der Waals surface area contributed by atoms with Crippen molar-refractivity contribution < 1.29 is 0 Å². The molecule has 2 fully saturated rings. The van der Waals surface area contributed by atoms with E-state index >= 15 is 0 Å². The van der Waals surface area contributed by atoms with E-state index < -0.39 is 0 Å². The second kappa shape index (κ2) is 5.45. The van der Waals surface area contributed by atoms with Gasteiger partial charge in [-0.05, 0) is 51.1 Å². The molecule has 4 rings (SSSR count). The number of fused-ring (bicyclic) bond motifs is 1. The van der Waals surface area contributed by atoms with Gasteiger partial charge in [-0.1, -0.05) is 5.21 Å². The lowest BCUT2D eigenvalue weighted by Crippen LogP contribution is -2.27. The molecule has 1 aromatic heterocycles. The fourth-order valence-electron chi connectivity index (χ4n) is 3.55. The molecule has 1 aromatic rings. The summed E-state index contributed by atoms with van der Waals surface area (Å²) >= 11 is 0. The van der Waals surface area contributed by atoms with Crippen LogP contribution >= 0.6 is 0 Å². The van der Waals surface area contributed by atoms with Gasteiger partial charge in [0.2, 0.25) is 0 Å². The maximum Gasteiger partial charge on any atom is 0.101 e. The van der Waals surface area contributed by atoms with E-state index in [1.165, 1.54) is 69.7 Å². The quantitative estimate of drug-likeness (QED) is 0.834. The van der Waals surface area contributed by atoms with Crippen LogP contribution in [0.1, 0.15) is 43.5 Å². The van der Waals surface area contributed by atoms with Crippen molar-refractivity contribution in [2.75, 3.05) is 26.2 Å². The van der Waals surface area contributed by atoms with E-state index in [0.717, 1.165) is 25.6 Å². The van der Waals surface area contributed by atoms with Gasteiger partial charge in [0.05, 0.1) is 5.69 Å². The standard InChI is InChI=1S/C15H25N5/c1-2-7-18(6-1)11-14-15-12-19(10-13-4-5-13)8-3-9-20(15)17-16-14/h13H,1-12H2. The van der Waals surface area contributed by atoms with E-state index in [0.29, 0.717) is 0 Å². The Hall–Kier alpha value is -0.940. The normalized spacial score (nSPS) is 24.8. The van der Waals surface area contributed by atoms with Gasteiger partial charge in [-0.2, -0.15) is 0 Å². The van der Waals surface area contributed by atoms with Crippen LogP contribution in [0.5, 0.6) is 0 Å². The third-order valence-electron chi connectivity index (χ3n) is 4.92. The summed E-state index contributed by atoms with van der Waals surface area (Å²) < 4.78 is 2.16. The Kier molecular flexibility index (Phi) is 3.48. The lowest BCUT2D eigenvalue weighted by molar-refractivity contribution is 0.255. The first-order chi connectivity index (χ1) is 9.88. The number of hydrogen-bond acceptors (Lipinski definition) is 4. The summed E-state index contributed by atoms with van der Waals surface area (Å²) in [6.07, 6.45) is 6.78. The molecule has 2 aliphatic heterocycles. The average molecular weight is 275 g/mol. The van der Waals surface area contributed by atoms with Crippen LogP contribution in [-0.2, 0) is 19.6 Å². The van der Waals surface area contributed by atoms with Gasteiger partial charge in [0.1, 0.15) is 5.69 Å². The van der Waals surface area contributed by atoms with E-state index in [9.17, 15) is 0 Å². The second-order valence-corrected chi connectivity index (χ2v) is 6.72.